The molecular formula is C13H28N2O. The molecule has 1 aliphatic heterocycles. The normalized spacial score (nSPS) is 24.0. The second-order valence-corrected chi connectivity index (χ2v) is 5.02. The van der Waals surface area contributed by atoms with Crippen LogP contribution in [0.2, 0.25) is 0 Å². The van der Waals surface area contributed by atoms with Crippen LogP contribution in [-0.2, 0) is 4.74 Å². The van der Waals surface area contributed by atoms with Crippen molar-refractivity contribution in [3.05, 3.63) is 0 Å². The van der Waals surface area contributed by atoms with E-state index in [1.807, 2.05) is 0 Å². The van der Waals surface area contributed by atoms with Crippen LogP contribution >= 0.6 is 0 Å². The van der Waals surface area contributed by atoms with E-state index in [-0.39, 0.29) is 0 Å². The predicted molar refractivity (Wildman–Crippen MR) is 68.8 cm³/mol. The van der Waals surface area contributed by atoms with Gasteiger partial charge in [-0.25, -0.2) is 0 Å². The van der Waals surface area contributed by atoms with Crippen LogP contribution in [0, 0.1) is 5.92 Å². The molecule has 1 unspecified atom stereocenters. The highest BCUT2D eigenvalue weighted by atomic mass is 16.5. The van der Waals surface area contributed by atoms with Crippen LogP contribution in [-0.4, -0.2) is 51.3 Å². The molecule has 0 radical (unpaired) electrons. The largest absolute Gasteiger partial charge is 0.385 e. The topological polar surface area (TPSA) is 24.5 Å². The molecule has 1 N–H and O–H groups in total. The molecule has 1 rings (SSSR count). The molecule has 0 saturated carbocycles. The van der Waals surface area contributed by atoms with Crippen LogP contribution in [0.25, 0.3) is 0 Å². The van der Waals surface area contributed by atoms with E-state index in [1.165, 1.54) is 58.4 Å². The minimum atomic E-state index is 0.791. The Morgan fingerprint density at radius 3 is 3.00 bits per heavy atom. The molecule has 0 aromatic rings. The summed E-state index contributed by atoms with van der Waals surface area (Å²) in [7, 11) is 1.78. The van der Waals surface area contributed by atoms with Crippen molar-refractivity contribution in [2.75, 3.05) is 46.4 Å². The second kappa shape index (κ2) is 8.97. The highest BCUT2D eigenvalue weighted by Crippen LogP contribution is 2.06. The van der Waals surface area contributed by atoms with Gasteiger partial charge in [-0.3, -0.25) is 0 Å². The average Bonchev–Trinajstić information content (AvgIpc) is 2.24. The van der Waals surface area contributed by atoms with Crippen LogP contribution in [0.5, 0.6) is 0 Å². The fraction of sp³-hybridized carbons (Fsp3) is 1.00. The van der Waals surface area contributed by atoms with Crippen LogP contribution in [0.15, 0.2) is 0 Å². The summed E-state index contributed by atoms with van der Waals surface area (Å²) in [6.45, 7) is 9.42. The zero-order valence-corrected chi connectivity index (χ0v) is 11.0. The Balaban J connectivity index is 2.08. The van der Waals surface area contributed by atoms with Crippen molar-refractivity contribution in [1.29, 1.82) is 0 Å². The van der Waals surface area contributed by atoms with E-state index in [0.29, 0.717) is 0 Å². The van der Waals surface area contributed by atoms with Crippen molar-refractivity contribution >= 4 is 0 Å². The Kier molecular flexibility index (Phi) is 7.81. The second-order valence-electron chi connectivity index (χ2n) is 5.02. The number of ether oxygens (including phenoxy) is 1. The van der Waals surface area contributed by atoms with E-state index in [9.17, 15) is 0 Å². The lowest BCUT2D eigenvalue weighted by atomic mass is 10.1. The van der Waals surface area contributed by atoms with Gasteiger partial charge in [0, 0.05) is 20.3 Å². The van der Waals surface area contributed by atoms with Crippen molar-refractivity contribution in [3.8, 4) is 0 Å². The highest BCUT2D eigenvalue weighted by Gasteiger charge is 2.12. The Hall–Kier alpha value is -0.120. The monoisotopic (exact) mass is 228 g/mol. The Bertz CT molecular complexity index is 164. The minimum Gasteiger partial charge on any atom is -0.385 e. The summed E-state index contributed by atoms with van der Waals surface area (Å²) < 4.78 is 5.07. The van der Waals surface area contributed by atoms with Crippen molar-refractivity contribution in [3.63, 3.8) is 0 Å². The maximum absolute atomic E-state index is 5.07. The summed E-state index contributed by atoms with van der Waals surface area (Å²) in [6.07, 6.45) is 5.13. The highest BCUT2D eigenvalue weighted by molar-refractivity contribution is 4.69. The molecule has 0 aromatic heterocycles. The molecule has 0 amide bonds. The standard InChI is InChI=1S/C13H28N2O/c1-13-11-14-7-6-9-15(12-13)8-4-3-5-10-16-2/h13-14H,3-12H2,1-2H3. The molecule has 1 saturated heterocycles. The van der Waals surface area contributed by atoms with E-state index < -0.39 is 0 Å². The van der Waals surface area contributed by atoms with E-state index in [4.69, 9.17) is 4.74 Å². The van der Waals surface area contributed by atoms with E-state index >= 15 is 0 Å². The number of methoxy groups -OCH3 is 1. The summed E-state index contributed by atoms with van der Waals surface area (Å²) in [5.41, 5.74) is 0. The van der Waals surface area contributed by atoms with Crippen molar-refractivity contribution in [1.82, 2.24) is 10.2 Å². The fourth-order valence-electron chi connectivity index (χ4n) is 2.33. The molecular weight excluding hydrogens is 200 g/mol. The molecule has 0 aliphatic carbocycles. The fourth-order valence-corrected chi connectivity index (χ4v) is 2.33. The summed E-state index contributed by atoms with van der Waals surface area (Å²) in [5, 5.41) is 3.50. The number of nitrogens with one attached hydrogen (secondary N) is 1. The van der Waals surface area contributed by atoms with Crippen LogP contribution in [0.1, 0.15) is 32.6 Å². The van der Waals surface area contributed by atoms with Crippen molar-refractivity contribution in [2.45, 2.75) is 32.6 Å². The molecule has 1 aliphatic rings. The van der Waals surface area contributed by atoms with E-state index in [2.05, 4.69) is 17.1 Å². The van der Waals surface area contributed by atoms with Crippen molar-refractivity contribution < 1.29 is 4.74 Å². The molecule has 3 heteroatoms. The maximum atomic E-state index is 5.07. The van der Waals surface area contributed by atoms with Gasteiger partial charge in [-0.1, -0.05) is 6.92 Å². The number of unbranched alkanes of at least 4 members (excludes halogenated alkanes) is 2. The van der Waals surface area contributed by atoms with Gasteiger partial charge in [0.15, 0.2) is 0 Å². The zero-order valence-electron chi connectivity index (χ0n) is 11.0. The first-order valence-corrected chi connectivity index (χ1v) is 6.75. The summed E-state index contributed by atoms with van der Waals surface area (Å²) in [6, 6.07) is 0. The Morgan fingerprint density at radius 1 is 1.31 bits per heavy atom. The molecule has 3 nitrogen and oxygen atoms in total. The third-order valence-electron chi connectivity index (χ3n) is 3.21. The molecule has 0 aromatic carbocycles. The SMILES string of the molecule is COCCCCCN1CCCNCC(C)C1. The minimum absolute atomic E-state index is 0.791. The summed E-state index contributed by atoms with van der Waals surface area (Å²) in [4.78, 5) is 2.64. The van der Waals surface area contributed by atoms with Gasteiger partial charge in [0.1, 0.15) is 0 Å². The number of hydrogen-bond donors (Lipinski definition) is 1. The smallest absolute Gasteiger partial charge is 0.0462 e. The quantitative estimate of drug-likeness (QED) is 0.701. The predicted octanol–water partition coefficient (Wildman–Crippen LogP) is 1.73. The lowest BCUT2D eigenvalue weighted by molar-refractivity contribution is 0.184. The lowest BCUT2D eigenvalue weighted by Crippen LogP contribution is -2.39. The molecule has 1 atom stereocenters. The number of nitrogens with zero attached hydrogens (tertiary/aromatic N) is 1. The van der Waals surface area contributed by atoms with Crippen LogP contribution in [0.4, 0.5) is 0 Å². The van der Waals surface area contributed by atoms with Gasteiger partial charge < -0.3 is 15.0 Å². The zero-order chi connectivity index (χ0) is 11.6. The molecule has 0 bridgehead atoms. The molecule has 16 heavy (non-hydrogen) atoms. The van der Waals surface area contributed by atoms with E-state index in [0.717, 1.165) is 12.5 Å². The first kappa shape index (κ1) is 13.9. The van der Waals surface area contributed by atoms with Gasteiger partial charge in [0.05, 0.1) is 0 Å². The van der Waals surface area contributed by atoms with Gasteiger partial charge >= 0.3 is 0 Å². The molecule has 1 fully saturated rings. The van der Waals surface area contributed by atoms with Gasteiger partial charge in [0.25, 0.3) is 0 Å². The van der Waals surface area contributed by atoms with Crippen LogP contribution in [0.3, 0.4) is 0 Å². The first-order chi connectivity index (χ1) is 7.83. The third kappa shape index (κ3) is 6.46. The van der Waals surface area contributed by atoms with Crippen LogP contribution < -0.4 is 5.32 Å². The molecule has 0 spiro atoms. The molecule has 1 heterocycles. The van der Waals surface area contributed by atoms with Gasteiger partial charge in [0.2, 0.25) is 0 Å². The maximum Gasteiger partial charge on any atom is 0.0462 e. The van der Waals surface area contributed by atoms with Gasteiger partial charge in [-0.2, -0.15) is 0 Å². The van der Waals surface area contributed by atoms with Crippen molar-refractivity contribution in [2.24, 2.45) is 5.92 Å². The summed E-state index contributed by atoms with van der Waals surface area (Å²) in [5.74, 6) is 0.791. The average molecular weight is 228 g/mol. The number of rotatable bonds is 6. The summed E-state index contributed by atoms with van der Waals surface area (Å²) >= 11 is 0. The first-order valence-electron chi connectivity index (χ1n) is 6.75. The third-order valence-corrected chi connectivity index (χ3v) is 3.21. The van der Waals surface area contributed by atoms with Gasteiger partial charge in [-0.05, 0) is 57.8 Å². The van der Waals surface area contributed by atoms with Gasteiger partial charge in [-0.15, -0.1) is 0 Å². The lowest BCUT2D eigenvalue weighted by Gasteiger charge is -2.28. The Morgan fingerprint density at radius 2 is 2.19 bits per heavy atom. The van der Waals surface area contributed by atoms with E-state index in [1.54, 1.807) is 7.11 Å². The molecule has 96 valence electrons. The Labute approximate surface area is 101 Å². The number of hydrogen-bond acceptors (Lipinski definition) is 3.